The molecule has 0 aliphatic carbocycles. The first-order valence-corrected chi connectivity index (χ1v) is 9.57. The minimum Gasteiger partial charge on any atom is -0.481 e. The Morgan fingerprint density at radius 2 is 2.31 bits per heavy atom. The number of carbonyl (C=O) groups is 2. The van der Waals surface area contributed by atoms with E-state index in [9.17, 15) is 9.59 Å². The van der Waals surface area contributed by atoms with E-state index in [0.717, 1.165) is 18.4 Å². The maximum absolute atomic E-state index is 12.8. The third kappa shape index (κ3) is 4.70. The molecular weight excluding hydrogens is 356 g/mol. The van der Waals surface area contributed by atoms with Crippen LogP contribution in [0.1, 0.15) is 30.7 Å². The monoisotopic (exact) mass is 378 g/mol. The highest BCUT2D eigenvalue weighted by molar-refractivity contribution is 7.08. The number of carbonyl (C=O) groups excluding carboxylic acids is 1. The van der Waals surface area contributed by atoms with E-state index in [1.165, 1.54) is 0 Å². The van der Waals surface area contributed by atoms with Gasteiger partial charge in [0.05, 0.1) is 24.6 Å². The molecule has 1 saturated heterocycles. The molecule has 0 saturated carbocycles. The molecule has 3 rings (SSSR count). The van der Waals surface area contributed by atoms with Crippen molar-refractivity contribution >= 4 is 23.2 Å². The van der Waals surface area contributed by atoms with Crippen LogP contribution in [0.15, 0.2) is 21.2 Å². The molecule has 0 radical (unpaired) electrons. The van der Waals surface area contributed by atoms with Gasteiger partial charge in [-0.15, -0.1) is 0 Å². The lowest BCUT2D eigenvalue weighted by molar-refractivity contribution is -0.139. The SMILES string of the molecule is Cc1oc(-c2ccsc2)nc1CC(=O)N(CCC(=O)O)CC1CCCO1. The van der Waals surface area contributed by atoms with Gasteiger partial charge in [-0.05, 0) is 31.2 Å². The standard InChI is InChI=1S/C18H22N2O5S/c1-12-15(19-18(25-12)13-5-8-26-11-13)9-16(21)20(6-4-17(22)23)10-14-3-2-7-24-14/h5,8,11,14H,2-4,6-7,9-10H2,1H3,(H,22,23). The van der Waals surface area contributed by atoms with Crippen molar-refractivity contribution in [1.29, 1.82) is 0 Å². The molecule has 0 bridgehead atoms. The number of amides is 1. The topological polar surface area (TPSA) is 92.9 Å². The fraction of sp³-hybridized carbons (Fsp3) is 0.500. The second-order valence-corrected chi connectivity index (χ2v) is 7.11. The van der Waals surface area contributed by atoms with Gasteiger partial charge in [0, 0.05) is 30.6 Å². The number of aliphatic carboxylic acids is 1. The van der Waals surface area contributed by atoms with Crippen LogP contribution < -0.4 is 0 Å². The summed E-state index contributed by atoms with van der Waals surface area (Å²) in [6, 6.07) is 1.91. The molecule has 1 aliphatic heterocycles. The van der Waals surface area contributed by atoms with Gasteiger partial charge in [-0.3, -0.25) is 9.59 Å². The van der Waals surface area contributed by atoms with Crippen LogP contribution in [0.5, 0.6) is 0 Å². The normalized spacial score (nSPS) is 16.7. The summed E-state index contributed by atoms with van der Waals surface area (Å²) in [5.74, 6) is 0.0279. The molecule has 1 fully saturated rings. The number of aryl methyl sites for hydroxylation is 1. The summed E-state index contributed by atoms with van der Waals surface area (Å²) in [5.41, 5.74) is 1.47. The fourth-order valence-electron chi connectivity index (χ4n) is 2.94. The second-order valence-electron chi connectivity index (χ2n) is 6.33. The van der Waals surface area contributed by atoms with Gasteiger partial charge in [-0.2, -0.15) is 11.3 Å². The summed E-state index contributed by atoms with van der Waals surface area (Å²) in [4.78, 5) is 29.7. The maximum atomic E-state index is 12.8. The fourth-order valence-corrected chi connectivity index (χ4v) is 3.57. The van der Waals surface area contributed by atoms with Crippen molar-refractivity contribution in [2.24, 2.45) is 0 Å². The summed E-state index contributed by atoms with van der Waals surface area (Å²) in [7, 11) is 0. The largest absolute Gasteiger partial charge is 0.481 e. The first-order chi connectivity index (χ1) is 12.5. The summed E-state index contributed by atoms with van der Waals surface area (Å²) >= 11 is 1.55. The van der Waals surface area contributed by atoms with Crippen molar-refractivity contribution in [3.05, 3.63) is 28.3 Å². The number of hydrogen-bond acceptors (Lipinski definition) is 6. The Hall–Kier alpha value is -2.19. The van der Waals surface area contributed by atoms with Gasteiger partial charge < -0.3 is 19.2 Å². The van der Waals surface area contributed by atoms with Crippen molar-refractivity contribution in [2.75, 3.05) is 19.7 Å². The highest BCUT2D eigenvalue weighted by atomic mass is 32.1. The number of carboxylic acids is 1. The summed E-state index contributed by atoms with van der Waals surface area (Å²) in [5, 5.41) is 12.8. The quantitative estimate of drug-likeness (QED) is 0.759. The number of rotatable bonds is 8. The zero-order valence-electron chi connectivity index (χ0n) is 14.6. The van der Waals surface area contributed by atoms with E-state index in [-0.39, 0.29) is 31.4 Å². The predicted molar refractivity (Wildman–Crippen MR) is 96.1 cm³/mol. The molecule has 1 unspecified atom stereocenters. The molecule has 1 aliphatic rings. The molecule has 26 heavy (non-hydrogen) atoms. The molecule has 7 nitrogen and oxygen atoms in total. The molecule has 0 spiro atoms. The first kappa shape index (κ1) is 18.6. The van der Waals surface area contributed by atoms with Crippen LogP contribution in [0.25, 0.3) is 11.5 Å². The van der Waals surface area contributed by atoms with Gasteiger partial charge in [-0.1, -0.05) is 0 Å². The zero-order valence-corrected chi connectivity index (χ0v) is 15.5. The maximum Gasteiger partial charge on any atom is 0.305 e. The average Bonchev–Trinajstić information content (AvgIpc) is 3.34. The van der Waals surface area contributed by atoms with Crippen LogP contribution in [0.2, 0.25) is 0 Å². The predicted octanol–water partition coefficient (Wildman–Crippen LogP) is 2.74. The molecule has 3 heterocycles. The van der Waals surface area contributed by atoms with E-state index < -0.39 is 5.97 Å². The Morgan fingerprint density at radius 1 is 1.46 bits per heavy atom. The summed E-state index contributed by atoms with van der Waals surface area (Å²) in [6.45, 7) is 3.06. The van der Waals surface area contributed by atoms with Crippen LogP contribution in [0.4, 0.5) is 0 Å². The van der Waals surface area contributed by atoms with E-state index in [1.54, 1.807) is 23.2 Å². The van der Waals surface area contributed by atoms with Gasteiger partial charge in [0.2, 0.25) is 11.8 Å². The molecule has 2 aromatic heterocycles. The van der Waals surface area contributed by atoms with E-state index in [4.69, 9.17) is 14.3 Å². The summed E-state index contributed by atoms with van der Waals surface area (Å²) in [6.07, 6.45) is 1.84. The second kappa shape index (κ2) is 8.46. The van der Waals surface area contributed by atoms with E-state index in [1.807, 2.05) is 16.8 Å². The summed E-state index contributed by atoms with van der Waals surface area (Å²) < 4.78 is 11.3. The molecule has 8 heteroatoms. The average molecular weight is 378 g/mol. The lowest BCUT2D eigenvalue weighted by Gasteiger charge is -2.24. The Balaban J connectivity index is 1.68. The highest BCUT2D eigenvalue weighted by Crippen LogP contribution is 2.24. The lowest BCUT2D eigenvalue weighted by atomic mass is 10.2. The van der Waals surface area contributed by atoms with Gasteiger partial charge in [0.15, 0.2) is 0 Å². The number of hydrogen-bond donors (Lipinski definition) is 1. The van der Waals surface area contributed by atoms with E-state index in [0.29, 0.717) is 30.5 Å². The third-order valence-corrected chi connectivity index (χ3v) is 5.06. The van der Waals surface area contributed by atoms with Crippen molar-refractivity contribution in [3.63, 3.8) is 0 Å². The van der Waals surface area contributed by atoms with Crippen LogP contribution in [0.3, 0.4) is 0 Å². The Kier molecular flexibility index (Phi) is 6.05. The number of ether oxygens (including phenoxy) is 1. The van der Waals surface area contributed by atoms with Crippen molar-refractivity contribution in [3.8, 4) is 11.5 Å². The molecular formula is C18H22N2O5S. The smallest absolute Gasteiger partial charge is 0.305 e. The minimum atomic E-state index is -0.924. The molecule has 2 aromatic rings. The van der Waals surface area contributed by atoms with Crippen LogP contribution in [0, 0.1) is 6.92 Å². The molecule has 1 amide bonds. The minimum absolute atomic E-state index is 0.0208. The first-order valence-electron chi connectivity index (χ1n) is 8.63. The van der Waals surface area contributed by atoms with Gasteiger partial charge in [0.1, 0.15) is 5.76 Å². The Labute approximate surface area is 155 Å². The van der Waals surface area contributed by atoms with Crippen molar-refractivity contribution < 1.29 is 23.8 Å². The van der Waals surface area contributed by atoms with Gasteiger partial charge in [0.25, 0.3) is 0 Å². The zero-order chi connectivity index (χ0) is 18.5. The van der Waals surface area contributed by atoms with Gasteiger partial charge >= 0.3 is 5.97 Å². The van der Waals surface area contributed by atoms with E-state index >= 15 is 0 Å². The Morgan fingerprint density at radius 3 is 2.96 bits per heavy atom. The number of aromatic nitrogens is 1. The van der Waals surface area contributed by atoms with Crippen LogP contribution >= 0.6 is 11.3 Å². The van der Waals surface area contributed by atoms with Crippen molar-refractivity contribution in [1.82, 2.24) is 9.88 Å². The molecule has 140 valence electrons. The van der Waals surface area contributed by atoms with Crippen molar-refractivity contribution in [2.45, 2.75) is 38.7 Å². The number of oxazole rings is 1. The third-order valence-electron chi connectivity index (χ3n) is 4.38. The number of carboxylic acid groups (broad SMARTS) is 1. The van der Waals surface area contributed by atoms with Crippen LogP contribution in [-0.4, -0.2) is 52.7 Å². The Bertz CT molecular complexity index is 750. The lowest BCUT2D eigenvalue weighted by Crippen LogP contribution is -2.39. The van der Waals surface area contributed by atoms with Gasteiger partial charge in [-0.25, -0.2) is 4.98 Å². The number of thiophene rings is 1. The molecule has 1 atom stereocenters. The molecule has 0 aromatic carbocycles. The highest BCUT2D eigenvalue weighted by Gasteiger charge is 2.25. The molecule has 1 N–H and O–H groups in total. The van der Waals surface area contributed by atoms with Crippen LogP contribution in [-0.2, 0) is 20.7 Å². The number of nitrogens with zero attached hydrogens (tertiary/aromatic N) is 2. The van der Waals surface area contributed by atoms with E-state index in [2.05, 4.69) is 4.98 Å².